The summed E-state index contributed by atoms with van der Waals surface area (Å²) in [4.78, 5) is 0. The Morgan fingerprint density at radius 3 is 1.08 bits per heavy atom. The average Bonchev–Trinajstić information content (AvgIpc) is 2.49. The van der Waals surface area contributed by atoms with Gasteiger partial charge < -0.3 is 1.43 Å². The standard InChI is InChI=1S/C19H40O3S.K.H/c1-2-3-4-5-6-7-8-9-10-11-12-13-14-15-16-17-18-19-23(20,21)22;;/h2-19H2,1H3,(H,20,21,22);;/q;+1;-1. The van der Waals surface area contributed by atoms with Gasteiger partial charge in [-0.25, -0.2) is 0 Å². The van der Waals surface area contributed by atoms with Crippen LogP contribution < -0.4 is 51.4 Å². The second-order valence-electron chi connectivity index (χ2n) is 6.94. The smallest absolute Gasteiger partial charge is 1.00 e. The Morgan fingerprint density at radius 2 is 0.833 bits per heavy atom. The Hall–Kier alpha value is 1.55. The van der Waals surface area contributed by atoms with Crippen LogP contribution in [0.5, 0.6) is 0 Å². The summed E-state index contributed by atoms with van der Waals surface area (Å²) in [7, 11) is -3.74. The number of hydrogen-bond donors (Lipinski definition) is 1. The summed E-state index contributed by atoms with van der Waals surface area (Å²) in [6.07, 6.45) is 21.8. The molecule has 0 rings (SSSR count). The quantitative estimate of drug-likeness (QED) is 0.221. The van der Waals surface area contributed by atoms with Crippen molar-refractivity contribution in [3.63, 3.8) is 0 Å². The monoisotopic (exact) mass is 388 g/mol. The van der Waals surface area contributed by atoms with Crippen molar-refractivity contribution in [3.8, 4) is 0 Å². The normalized spacial score (nSPS) is 11.4. The van der Waals surface area contributed by atoms with Crippen LogP contribution in [0.4, 0.5) is 0 Å². The van der Waals surface area contributed by atoms with E-state index in [9.17, 15) is 8.42 Å². The first-order valence-electron chi connectivity index (χ1n) is 10.0. The molecule has 0 aliphatic rings. The van der Waals surface area contributed by atoms with E-state index in [1.807, 2.05) is 0 Å². The molecule has 1 N–H and O–H groups in total. The Morgan fingerprint density at radius 1 is 0.583 bits per heavy atom. The van der Waals surface area contributed by atoms with Gasteiger partial charge in [-0.2, -0.15) is 8.42 Å². The largest absolute Gasteiger partial charge is 1.00 e. The molecule has 3 nitrogen and oxygen atoms in total. The molecule has 0 aromatic heterocycles. The average molecular weight is 389 g/mol. The fraction of sp³-hybridized carbons (Fsp3) is 1.00. The molecule has 0 aliphatic carbocycles. The van der Waals surface area contributed by atoms with E-state index in [0.29, 0.717) is 6.42 Å². The number of unbranched alkanes of at least 4 members (excludes halogenated alkanes) is 16. The first-order valence-corrected chi connectivity index (χ1v) is 11.6. The van der Waals surface area contributed by atoms with Gasteiger partial charge in [0.1, 0.15) is 0 Å². The van der Waals surface area contributed by atoms with Gasteiger partial charge in [-0.1, -0.05) is 110 Å². The molecule has 0 spiro atoms. The van der Waals surface area contributed by atoms with E-state index in [0.717, 1.165) is 12.8 Å². The van der Waals surface area contributed by atoms with Gasteiger partial charge in [0.05, 0.1) is 5.75 Å². The van der Waals surface area contributed by atoms with E-state index < -0.39 is 10.1 Å². The second-order valence-corrected chi connectivity index (χ2v) is 8.51. The Bertz CT molecular complexity index is 338. The van der Waals surface area contributed by atoms with Gasteiger partial charge in [-0.3, -0.25) is 4.55 Å². The van der Waals surface area contributed by atoms with Crippen LogP contribution in [0.1, 0.15) is 118 Å². The van der Waals surface area contributed by atoms with E-state index >= 15 is 0 Å². The van der Waals surface area contributed by atoms with Crippen LogP contribution in [0.3, 0.4) is 0 Å². The summed E-state index contributed by atoms with van der Waals surface area (Å²) in [5.74, 6) is -0.0778. The van der Waals surface area contributed by atoms with Crippen LogP contribution >= 0.6 is 0 Å². The predicted octanol–water partition coefficient (Wildman–Crippen LogP) is 3.64. The molecule has 24 heavy (non-hydrogen) atoms. The fourth-order valence-corrected chi connectivity index (χ4v) is 3.58. The van der Waals surface area contributed by atoms with Gasteiger partial charge in [0.2, 0.25) is 0 Å². The zero-order valence-electron chi connectivity index (χ0n) is 17.4. The molecule has 0 aliphatic heterocycles. The molecule has 0 saturated heterocycles. The Balaban J connectivity index is -0.00000242. The van der Waals surface area contributed by atoms with Gasteiger partial charge >= 0.3 is 51.4 Å². The third-order valence-corrected chi connectivity index (χ3v) is 5.31. The minimum Gasteiger partial charge on any atom is -1.00 e. The molecular weight excluding hydrogens is 347 g/mol. The van der Waals surface area contributed by atoms with Crippen molar-refractivity contribution >= 4 is 10.1 Å². The predicted molar refractivity (Wildman–Crippen MR) is 102 cm³/mol. The Kier molecular flexibility index (Phi) is 24.1. The third kappa shape index (κ3) is 25.8. The van der Waals surface area contributed by atoms with E-state index in [4.69, 9.17) is 4.55 Å². The maximum atomic E-state index is 10.5. The topological polar surface area (TPSA) is 54.4 Å². The zero-order valence-corrected chi connectivity index (χ0v) is 20.3. The van der Waals surface area contributed by atoms with Crippen LogP contribution in [-0.2, 0) is 10.1 Å². The number of hydrogen-bond acceptors (Lipinski definition) is 2. The van der Waals surface area contributed by atoms with Crippen LogP contribution in [0.15, 0.2) is 0 Å². The van der Waals surface area contributed by atoms with Crippen molar-refractivity contribution in [2.24, 2.45) is 0 Å². The van der Waals surface area contributed by atoms with Crippen molar-refractivity contribution in [2.45, 2.75) is 116 Å². The van der Waals surface area contributed by atoms with Crippen molar-refractivity contribution in [1.82, 2.24) is 0 Å². The molecule has 142 valence electrons. The van der Waals surface area contributed by atoms with Crippen LogP contribution in [0.25, 0.3) is 0 Å². The first-order chi connectivity index (χ1) is 11.1. The summed E-state index contributed by atoms with van der Waals surface area (Å²) in [6, 6.07) is 0. The summed E-state index contributed by atoms with van der Waals surface area (Å²) in [5, 5.41) is 0. The molecule has 0 bridgehead atoms. The third-order valence-electron chi connectivity index (χ3n) is 4.51. The molecule has 0 saturated carbocycles. The van der Waals surface area contributed by atoms with Crippen molar-refractivity contribution in [3.05, 3.63) is 0 Å². The molecule has 0 radical (unpaired) electrons. The van der Waals surface area contributed by atoms with Gasteiger partial charge in [0, 0.05) is 0 Å². The minimum atomic E-state index is -3.74. The molecule has 0 aromatic carbocycles. The van der Waals surface area contributed by atoms with Gasteiger partial charge in [-0.15, -0.1) is 0 Å². The van der Waals surface area contributed by atoms with Gasteiger partial charge in [-0.05, 0) is 6.42 Å². The summed E-state index contributed by atoms with van der Waals surface area (Å²) in [6.45, 7) is 2.27. The maximum absolute atomic E-state index is 10.5. The number of rotatable bonds is 18. The summed E-state index contributed by atoms with van der Waals surface area (Å²) in [5.41, 5.74) is 0. The molecule has 0 aromatic rings. The van der Waals surface area contributed by atoms with Crippen molar-refractivity contribution < 1.29 is 65.8 Å². The fourth-order valence-electron chi connectivity index (χ4n) is 3.01. The van der Waals surface area contributed by atoms with Crippen molar-refractivity contribution in [1.29, 1.82) is 0 Å². The molecule has 0 fully saturated rings. The molecule has 0 amide bonds. The van der Waals surface area contributed by atoms with Crippen molar-refractivity contribution in [2.75, 3.05) is 5.75 Å². The molecule has 0 unspecified atom stereocenters. The van der Waals surface area contributed by atoms with E-state index in [2.05, 4.69) is 6.92 Å². The van der Waals surface area contributed by atoms with Crippen LogP contribution in [0, 0.1) is 0 Å². The van der Waals surface area contributed by atoms with Gasteiger partial charge in [0.15, 0.2) is 0 Å². The Labute approximate surface area is 195 Å². The van der Waals surface area contributed by atoms with Gasteiger partial charge in [0.25, 0.3) is 10.1 Å². The maximum Gasteiger partial charge on any atom is 1.00 e. The zero-order chi connectivity index (χ0) is 17.2. The van der Waals surface area contributed by atoms with Crippen LogP contribution in [-0.4, -0.2) is 18.7 Å². The molecule has 0 heterocycles. The SMILES string of the molecule is CCCCCCCCCCCCCCCCCCCS(=O)(=O)O.[H-].[K+]. The van der Waals surface area contributed by atoms with E-state index in [1.54, 1.807) is 0 Å². The second kappa shape index (κ2) is 20.9. The summed E-state index contributed by atoms with van der Waals surface area (Å²) < 4.78 is 29.7. The summed E-state index contributed by atoms with van der Waals surface area (Å²) >= 11 is 0. The van der Waals surface area contributed by atoms with Crippen LogP contribution in [0.2, 0.25) is 0 Å². The molecule has 5 heteroatoms. The van der Waals surface area contributed by atoms with E-state index in [-0.39, 0.29) is 58.6 Å². The molecule has 0 atom stereocenters. The molecular formula is C19H41KO3S. The first kappa shape index (κ1) is 27.8. The minimum absolute atomic E-state index is 0. The van der Waals surface area contributed by atoms with E-state index in [1.165, 1.54) is 89.9 Å².